The van der Waals surface area contributed by atoms with Crippen LogP contribution in [0.5, 0.6) is 11.5 Å². The number of benzene rings is 2. The van der Waals surface area contributed by atoms with Crippen molar-refractivity contribution >= 4 is 23.3 Å². The summed E-state index contributed by atoms with van der Waals surface area (Å²) < 4.78 is 15.2. The van der Waals surface area contributed by atoms with Gasteiger partial charge in [-0.2, -0.15) is 0 Å². The number of methoxy groups -OCH3 is 2. The van der Waals surface area contributed by atoms with E-state index < -0.39 is 18.5 Å². The fraction of sp³-hybridized carbons (Fsp3) is 0.211. The van der Waals surface area contributed by atoms with Crippen LogP contribution >= 0.6 is 0 Å². The molecule has 7 heteroatoms. The highest BCUT2D eigenvalue weighted by Gasteiger charge is 2.17. The Kier molecular flexibility index (Phi) is 6.32. The quantitative estimate of drug-likeness (QED) is 0.605. The van der Waals surface area contributed by atoms with E-state index in [1.54, 1.807) is 36.4 Å². The molecule has 0 saturated heterocycles. The topological polar surface area (TPSA) is 90.9 Å². The van der Waals surface area contributed by atoms with Gasteiger partial charge in [0.15, 0.2) is 12.4 Å². The number of para-hydroxylation sites is 1. The summed E-state index contributed by atoms with van der Waals surface area (Å²) in [6.45, 7) is 0.904. The average Bonchev–Trinajstić information content (AvgIpc) is 2.65. The minimum atomic E-state index is -0.709. The monoisotopic (exact) mass is 357 g/mol. The highest BCUT2D eigenvalue weighted by molar-refractivity contribution is 6.04. The lowest BCUT2D eigenvalue weighted by atomic mass is 10.1. The summed E-state index contributed by atoms with van der Waals surface area (Å²) in [5, 5.41) is 2.56. The van der Waals surface area contributed by atoms with Crippen molar-refractivity contribution in [3.05, 3.63) is 53.6 Å². The molecule has 0 heterocycles. The minimum Gasteiger partial charge on any atom is -0.497 e. The number of ketones is 1. The Morgan fingerprint density at radius 1 is 0.962 bits per heavy atom. The molecule has 7 nitrogen and oxygen atoms in total. The van der Waals surface area contributed by atoms with Gasteiger partial charge in [-0.3, -0.25) is 9.59 Å². The molecule has 1 amide bonds. The van der Waals surface area contributed by atoms with E-state index in [4.69, 9.17) is 14.2 Å². The second-order valence-corrected chi connectivity index (χ2v) is 5.29. The van der Waals surface area contributed by atoms with Crippen LogP contribution < -0.4 is 14.8 Å². The van der Waals surface area contributed by atoms with Crippen LogP contribution in [0.15, 0.2) is 42.5 Å². The third-order valence-corrected chi connectivity index (χ3v) is 3.54. The third kappa shape index (κ3) is 4.60. The SMILES string of the molecule is COc1ccc(C(=O)OCC(=O)Nc2ccccc2C(C)=O)c(OC)c1. The van der Waals surface area contributed by atoms with E-state index in [9.17, 15) is 14.4 Å². The molecule has 1 N–H and O–H groups in total. The Morgan fingerprint density at radius 3 is 2.35 bits per heavy atom. The Bertz CT molecular complexity index is 831. The molecule has 0 bridgehead atoms. The molecule has 0 saturated carbocycles. The van der Waals surface area contributed by atoms with Crippen LogP contribution in [0.4, 0.5) is 5.69 Å². The van der Waals surface area contributed by atoms with Crippen molar-refractivity contribution in [2.45, 2.75) is 6.92 Å². The van der Waals surface area contributed by atoms with Gasteiger partial charge in [0.1, 0.15) is 17.1 Å². The zero-order valence-electron chi connectivity index (χ0n) is 14.7. The van der Waals surface area contributed by atoms with Gasteiger partial charge in [0.2, 0.25) is 0 Å². The van der Waals surface area contributed by atoms with Crippen molar-refractivity contribution in [2.24, 2.45) is 0 Å². The maximum Gasteiger partial charge on any atom is 0.342 e. The molecule has 0 fully saturated rings. The van der Waals surface area contributed by atoms with Crippen molar-refractivity contribution in [2.75, 3.05) is 26.1 Å². The number of carbonyl (C=O) groups excluding carboxylic acids is 3. The van der Waals surface area contributed by atoms with Crippen molar-refractivity contribution in [1.82, 2.24) is 0 Å². The Balaban J connectivity index is 2.02. The van der Waals surface area contributed by atoms with Crippen LogP contribution in [0.25, 0.3) is 0 Å². The first-order chi connectivity index (χ1) is 12.5. The predicted molar refractivity (Wildman–Crippen MR) is 94.9 cm³/mol. The Hall–Kier alpha value is -3.35. The molecule has 2 aromatic carbocycles. The van der Waals surface area contributed by atoms with Gasteiger partial charge in [-0.25, -0.2) is 4.79 Å². The van der Waals surface area contributed by atoms with Crippen molar-refractivity contribution in [1.29, 1.82) is 0 Å². The summed E-state index contributed by atoms with van der Waals surface area (Å²) in [5.74, 6) is -0.645. The molecule has 0 aliphatic carbocycles. The van der Waals surface area contributed by atoms with Gasteiger partial charge in [-0.15, -0.1) is 0 Å². The fourth-order valence-corrected chi connectivity index (χ4v) is 2.26. The molecule has 0 spiro atoms. The molecular formula is C19H19NO6. The predicted octanol–water partition coefficient (Wildman–Crippen LogP) is 2.70. The van der Waals surface area contributed by atoms with Gasteiger partial charge in [-0.05, 0) is 31.2 Å². The number of carbonyl (C=O) groups is 3. The van der Waals surface area contributed by atoms with Crippen LogP contribution in [0, 0.1) is 0 Å². The van der Waals surface area contributed by atoms with Gasteiger partial charge in [0.25, 0.3) is 5.91 Å². The lowest BCUT2D eigenvalue weighted by Gasteiger charge is -2.11. The minimum absolute atomic E-state index is 0.172. The normalized spacial score (nSPS) is 9.96. The summed E-state index contributed by atoms with van der Waals surface area (Å²) in [6.07, 6.45) is 0. The van der Waals surface area contributed by atoms with E-state index >= 15 is 0 Å². The molecule has 0 aliphatic rings. The zero-order valence-corrected chi connectivity index (χ0v) is 14.7. The fourth-order valence-electron chi connectivity index (χ4n) is 2.26. The summed E-state index contributed by atoms with van der Waals surface area (Å²) in [6, 6.07) is 11.2. The Morgan fingerprint density at radius 2 is 1.69 bits per heavy atom. The van der Waals surface area contributed by atoms with E-state index in [1.165, 1.54) is 27.2 Å². The van der Waals surface area contributed by atoms with E-state index in [-0.39, 0.29) is 17.1 Å². The number of Topliss-reactive ketones (excluding diaryl/α,β-unsaturated/α-hetero) is 1. The van der Waals surface area contributed by atoms with E-state index in [0.717, 1.165) is 0 Å². The first-order valence-corrected chi connectivity index (χ1v) is 7.75. The van der Waals surface area contributed by atoms with Gasteiger partial charge < -0.3 is 19.5 Å². The van der Waals surface area contributed by atoms with Gasteiger partial charge >= 0.3 is 5.97 Å². The van der Waals surface area contributed by atoms with Crippen LogP contribution in [0.1, 0.15) is 27.6 Å². The molecule has 0 aliphatic heterocycles. The highest BCUT2D eigenvalue weighted by Crippen LogP contribution is 2.25. The standard InChI is InChI=1S/C19H19NO6/c1-12(21)14-6-4-5-7-16(14)20-18(22)11-26-19(23)15-9-8-13(24-2)10-17(15)25-3/h4-10H,11H2,1-3H3,(H,20,22). The number of rotatable bonds is 7. The van der Waals surface area contributed by atoms with E-state index in [1.807, 2.05) is 0 Å². The third-order valence-electron chi connectivity index (χ3n) is 3.54. The number of amides is 1. The second kappa shape index (κ2) is 8.66. The molecule has 26 heavy (non-hydrogen) atoms. The molecular weight excluding hydrogens is 338 g/mol. The molecule has 2 aromatic rings. The summed E-state index contributed by atoms with van der Waals surface area (Å²) in [5.41, 5.74) is 0.914. The second-order valence-electron chi connectivity index (χ2n) is 5.29. The number of nitrogens with one attached hydrogen (secondary N) is 1. The van der Waals surface area contributed by atoms with Crippen LogP contribution in [0.2, 0.25) is 0 Å². The summed E-state index contributed by atoms with van der Waals surface area (Å²) in [7, 11) is 2.91. The van der Waals surface area contributed by atoms with E-state index in [0.29, 0.717) is 17.0 Å². The van der Waals surface area contributed by atoms with Gasteiger partial charge in [0.05, 0.1) is 19.9 Å². The van der Waals surface area contributed by atoms with Gasteiger partial charge in [0, 0.05) is 11.6 Å². The van der Waals surface area contributed by atoms with Crippen molar-refractivity contribution in [3.63, 3.8) is 0 Å². The number of hydrogen-bond acceptors (Lipinski definition) is 6. The smallest absolute Gasteiger partial charge is 0.342 e. The molecule has 0 unspecified atom stereocenters. The molecule has 0 atom stereocenters. The molecule has 0 aromatic heterocycles. The average molecular weight is 357 g/mol. The number of hydrogen-bond donors (Lipinski definition) is 1. The van der Waals surface area contributed by atoms with Crippen LogP contribution in [-0.2, 0) is 9.53 Å². The molecule has 2 rings (SSSR count). The maximum absolute atomic E-state index is 12.2. The zero-order chi connectivity index (χ0) is 19.1. The first-order valence-electron chi connectivity index (χ1n) is 7.75. The van der Waals surface area contributed by atoms with Crippen molar-refractivity contribution in [3.8, 4) is 11.5 Å². The largest absolute Gasteiger partial charge is 0.497 e. The molecule has 0 radical (unpaired) electrons. The first kappa shape index (κ1) is 19.0. The summed E-state index contributed by atoms with van der Waals surface area (Å²) in [4.78, 5) is 35.8. The maximum atomic E-state index is 12.2. The Labute approximate surface area is 150 Å². The van der Waals surface area contributed by atoms with Crippen LogP contribution in [0.3, 0.4) is 0 Å². The molecule has 136 valence electrons. The van der Waals surface area contributed by atoms with Crippen LogP contribution in [-0.4, -0.2) is 38.5 Å². The lowest BCUT2D eigenvalue weighted by molar-refractivity contribution is -0.119. The van der Waals surface area contributed by atoms with Crippen molar-refractivity contribution < 1.29 is 28.6 Å². The number of anilines is 1. The highest BCUT2D eigenvalue weighted by atomic mass is 16.5. The van der Waals surface area contributed by atoms with Gasteiger partial charge in [-0.1, -0.05) is 12.1 Å². The van der Waals surface area contributed by atoms with E-state index in [2.05, 4.69) is 5.32 Å². The summed E-state index contributed by atoms with van der Waals surface area (Å²) >= 11 is 0. The number of ether oxygens (including phenoxy) is 3. The number of esters is 1. The lowest BCUT2D eigenvalue weighted by Crippen LogP contribution is -2.22.